The minimum Gasteiger partial charge on any atom is -0.481 e. The highest BCUT2D eigenvalue weighted by Crippen LogP contribution is 2.38. The van der Waals surface area contributed by atoms with Gasteiger partial charge in [0.1, 0.15) is 5.38 Å². The van der Waals surface area contributed by atoms with Crippen molar-refractivity contribution in [2.24, 2.45) is 5.41 Å². The molecule has 2 atom stereocenters. The van der Waals surface area contributed by atoms with Crippen molar-refractivity contribution >= 4 is 33.5 Å². The lowest BCUT2D eigenvalue weighted by molar-refractivity contribution is -0.139. The van der Waals surface area contributed by atoms with E-state index >= 15 is 0 Å². The molecule has 2 unspecified atom stereocenters. The molecule has 0 aromatic rings. The van der Waals surface area contributed by atoms with E-state index in [-0.39, 0.29) is 12.8 Å². The van der Waals surface area contributed by atoms with Crippen LogP contribution in [-0.2, 0) is 4.79 Å². The van der Waals surface area contributed by atoms with Crippen molar-refractivity contribution < 1.29 is 23.1 Å². The Morgan fingerprint density at radius 2 is 1.88 bits per heavy atom. The average Bonchev–Trinajstić information content (AvgIpc) is 1.99. The van der Waals surface area contributed by atoms with Crippen LogP contribution in [0.1, 0.15) is 26.7 Å². The van der Waals surface area contributed by atoms with E-state index in [0.717, 1.165) is 0 Å². The first kappa shape index (κ1) is 16.0. The molecule has 0 aliphatic heterocycles. The van der Waals surface area contributed by atoms with Gasteiger partial charge >= 0.3 is 12.1 Å². The van der Waals surface area contributed by atoms with Crippen LogP contribution in [0.5, 0.6) is 0 Å². The van der Waals surface area contributed by atoms with E-state index in [0.29, 0.717) is 0 Å². The van der Waals surface area contributed by atoms with E-state index in [1.807, 2.05) is 0 Å². The largest absolute Gasteiger partial charge is 0.481 e. The summed E-state index contributed by atoms with van der Waals surface area (Å²) in [5.41, 5.74) is -0.787. The molecule has 1 N–H and O–H groups in total. The third-order valence-corrected chi connectivity index (χ3v) is 4.26. The van der Waals surface area contributed by atoms with Gasteiger partial charge in [-0.1, -0.05) is 29.8 Å². The lowest BCUT2D eigenvalue weighted by Crippen LogP contribution is -2.34. The normalized spacial score (nSPS) is 16.9. The maximum atomic E-state index is 12.2. The predicted molar refractivity (Wildman–Crippen MR) is 59.1 cm³/mol. The molecular weight excluding hydrogens is 312 g/mol. The van der Waals surface area contributed by atoms with Crippen LogP contribution in [0, 0.1) is 5.41 Å². The number of rotatable bonds is 5. The smallest absolute Gasteiger partial charge is 0.404 e. The standard InChI is InChI=1S/C9H13BrClF3O2/c1-8(2,4-7(15)16)5(10)3-6(11)9(12,13)14/h5-6H,3-4H2,1-2H3,(H,15,16). The second-order valence-corrected chi connectivity index (χ2v) is 5.90. The summed E-state index contributed by atoms with van der Waals surface area (Å²) in [4.78, 5) is 9.92. The van der Waals surface area contributed by atoms with Crippen LogP contribution in [0.2, 0.25) is 0 Å². The Kier molecular flexibility index (Phi) is 5.59. The van der Waals surface area contributed by atoms with E-state index < -0.39 is 27.8 Å². The van der Waals surface area contributed by atoms with Crippen molar-refractivity contribution in [1.82, 2.24) is 0 Å². The minimum absolute atomic E-state index is 0.218. The molecule has 0 aliphatic carbocycles. The second-order valence-electron chi connectivity index (χ2n) is 4.27. The topological polar surface area (TPSA) is 37.3 Å². The van der Waals surface area contributed by atoms with E-state index in [1.54, 1.807) is 13.8 Å². The molecule has 96 valence electrons. The summed E-state index contributed by atoms with van der Waals surface area (Å²) in [5.74, 6) is -1.05. The molecule has 0 spiro atoms. The first-order valence-electron chi connectivity index (χ1n) is 4.53. The van der Waals surface area contributed by atoms with Crippen LogP contribution in [0.4, 0.5) is 13.2 Å². The maximum absolute atomic E-state index is 12.2. The molecule has 0 aromatic carbocycles. The van der Waals surface area contributed by atoms with Gasteiger partial charge in [-0.25, -0.2) is 0 Å². The van der Waals surface area contributed by atoms with Gasteiger partial charge in [0.15, 0.2) is 0 Å². The summed E-state index contributed by atoms with van der Waals surface area (Å²) in [5, 5.41) is 6.65. The number of halogens is 5. The average molecular weight is 326 g/mol. The van der Waals surface area contributed by atoms with Crippen molar-refractivity contribution in [3.05, 3.63) is 0 Å². The lowest BCUT2D eigenvalue weighted by atomic mass is 9.83. The van der Waals surface area contributed by atoms with Gasteiger partial charge in [0.05, 0.1) is 6.42 Å². The molecule has 0 bridgehead atoms. The summed E-state index contributed by atoms with van der Waals surface area (Å²) in [6.45, 7) is 3.17. The number of aliphatic carboxylic acids is 1. The van der Waals surface area contributed by atoms with Crippen LogP contribution in [0.15, 0.2) is 0 Å². The second kappa shape index (κ2) is 5.58. The van der Waals surface area contributed by atoms with Crippen LogP contribution in [0.25, 0.3) is 0 Å². The highest BCUT2D eigenvalue weighted by molar-refractivity contribution is 9.09. The molecule has 0 radical (unpaired) electrons. The molecule has 0 aromatic heterocycles. The van der Waals surface area contributed by atoms with E-state index in [9.17, 15) is 18.0 Å². The fourth-order valence-corrected chi connectivity index (χ4v) is 2.06. The maximum Gasteiger partial charge on any atom is 0.404 e. The minimum atomic E-state index is -4.47. The van der Waals surface area contributed by atoms with Crippen LogP contribution < -0.4 is 0 Å². The number of hydrogen-bond acceptors (Lipinski definition) is 1. The van der Waals surface area contributed by atoms with E-state index in [4.69, 9.17) is 16.7 Å². The van der Waals surface area contributed by atoms with Gasteiger partial charge in [-0.3, -0.25) is 4.79 Å². The highest BCUT2D eigenvalue weighted by atomic mass is 79.9. The first-order valence-corrected chi connectivity index (χ1v) is 5.88. The third kappa shape index (κ3) is 5.39. The molecular formula is C9H13BrClF3O2. The molecule has 0 rings (SSSR count). The zero-order chi connectivity index (χ0) is 13.1. The summed E-state index contributed by atoms with van der Waals surface area (Å²) in [7, 11) is 0. The molecule has 0 aliphatic rings. The molecule has 16 heavy (non-hydrogen) atoms. The van der Waals surface area contributed by atoms with Gasteiger partial charge in [0.2, 0.25) is 0 Å². The number of carboxylic acids is 1. The van der Waals surface area contributed by atoms with Crippen molar-refractivity contribution in [3.8, 4) is 0 Å². The molecule has 0 heterocycles. The lowest BCUT2D eigenvalue weighted by Gasteiger charge is -2.30. The van der Waals surface area contributed by atoms with Gasteiger partial charge in [-0.2, -0.15) is 13.2 Å². The van der Waals surface area contributed by atoms with Gasteiger partial charge < -0.3 is 5.11 Å². The van der Waals surface area contributed by atoms with E-state index in [2.05, 4.69) is 15.9 Å². The van der Waals surface area contributed by atoms with Crippen molar-refractivity contribution in [1.29, 1.82) is 0 Å². The fourth-order valence-electron chi connectivity index (χ4n) is 1.13. The summed E-state index contributed by atoms with van der Waals surface area (Å²) >= 11 is 8.27. The zero-order valence-electron chi connectivity index (χ0n) is 8.81. The molecule has 2 nitrogen and oxygen atoms in total. The molecule has 0 saturated heterocycles. The first-order chi connectivity index (χ1) is 6.97. The van der Waals surface area contributed by atoms with Crippen molar-refractivity contribution in [3.63, 3.8) is 0 Å². The van der Waals surface area contributed by atoms with E-state index in [1.165, 1.54) is 0 Å². The Morgan fingerprint density at radius 3 is 2.19 bits per heavy atom. The summed E-state index contributed by atoms with van der Waals surface area (Å²) in [6, 6.07) is 0. The quantitative estimate of drug-likeness (QED) is 0.780. The van der Waals surface area contributed by atoms with Crippen LogP contribution >= 0.6 is 27.5 Å². The molecule has 7 heteroatoms. The Balaban J connectivity index is 4.45. The predicted octanol–water partition coefficient (Wildman–Crippen LogP) is 3.81. The summed E-state index contributed by atoms with van der Waals surface area (Å²) < 4.78 is 36.6. The Labute approximate surface area is 105 Å². The van der Waals surface area contributed by atoms with Gasteiger partial charge in [-0.05, 0) is 11.8 Å². The van der Waals surface area contributed by atoms with Gasteiger partial charge in [0, 0.05) is 4.83 Å². The molecule has 0 fully saturated rings. The number of carboxylic acid groups (broad SMARTS) is 1. The Hall–Kier alpha value is 0.0300. The Bertz CT molecular complexity index is 256. The summed E-state index contributed by atoms with van der Waals surface area (Å²) in [6.07, 6.45) is -5.04. The Morgan fingerprint density at radius 1 is 1.44 bits per heavy atom. The molecule has 0 amide bonds. The highest BCUT2D eigenvalue weighted by Gasteiger charge is 2.42. The molecule has 0 saturated carbocycles. The van der Waals surface area contributed by atoms with Gasteiger partial charge in [-0.15, -0.1) is 11.6 Å². The van der Waals surface area contributed by atoms with Crippen LogP contribution in [0.3, 0.4) is 0 Å². The number of carbonyl (C=O) groups is 1. The number of alkyl halides is 5. The van der Waals surface area contributed by atoms with Crippen molar-refractivity contribution in [2.75, 3.05) is 0 Å². The number of hydrogen-bond donors (Lipinski definition) is 1. The van der Waals surface area contributed by atoms with Crippen LogP contribution in [-0.4, -0.2) is 27.5 Å². The van der Waals surface area contributed by atoms with Gasteiger partial charge in [0.25, 0.3) is 0 Å². The monoisotopic (exact) mass is 324 g/mol. The SMILES string of the molecule is CC(C)(CC(=O)O)C(Br)CC(Cl)C(F)(F)F. The van der Waals surface area contributed by atoms with Crippen molar-refractivity contribution in [2.45, 2.75) is 43.1 Å². The zero-order valence-corrected chi connectivity index (χ0v) is 11.2. The third-order valence-electron chi connectivity index (χ3n) is 2.22. The fraction of sp³-hybridized carbons (Fsp3) is 0.889.